The molecule has 1 amide bonds. The molecule has 3 nitrogen and oxygen atoms in total. The molecule has 92 valence electrons. The van der Waals surface area contributed by atoms with Gasteiger partial charge >= 0.3 is 0 Å². The molecule has 1 N–H and O–H groups in total. The average Bonchev–Trinajstić information content (AvgIpc) is 2.40. The van der Waals surface area contributed by atoms with Crippen LogP contribution in [0.1, 0.15) is 35.8 Å². The number of rotatable bonds is 3. The lowest BCUT2D eigenvalue weighted by atomic mass is 10.1. The van der Waals surface area contributed by atoms with Gasteiger partial charge in [0.15, 0.2) is 0 Å². The largest absolute Gasteiger partial charge is 0.321 e. The highest BCUT2D eigenvalue weighted by Crippen LogP contribution is 2.13. The van der Waals surface area contributed by atoms with Gasteiger partial charge in [0, 0.05) is 11.9 Å². The number of hydrogen-bond donors (Lipinski definition) is 1. The fourth-order valence-corrected chi connectivity index (χ4v) is 1.60. The van der Waals surface area contributed by atoms with Gasteiger partial charge in [0.05, 0.1) is 0 Å². The summed E-state index contributed by atoms with van der Waals surface area (Å²) in [6.45, 7) is 4.20. The molecule has 1 aromatic carbocycles. The Kier molecular flexibility index (Phi) is 3.72. The van der Waals surface area contributed by atoms with Crippen molar-refractivity contribution in [3.63, 3.8) is 0 Å². The highest BCUT2D eigenvalue weighted by Gasteiger charge is 2.08. The van der Waals surface area contributed by atoms with Crippen molar-refractivity contribution in [1.82, 2.24) is 4.98 Å². The highest BCUT2D eigenvalue weighted by molar-refractivity contribution is 6.02. The molecule has 0 fully saturated rings. The molecule has 0 aliphatic heterocycles. The normalized spacial score (nSPS) is 10.4. The predicted molar refractivity (Wildman–Crippen MR) is 72.7 cm³/mol. The first-order chi connectivity index (χ1) is 8.66. The number of benzene rings is 1. The summed E-state index contributed by atoms with van der Waals surface area (Å²) in [6, 6.07) is 13.1. The van der Waals surface area contributed by atoms with Crippen LogP contribution < -0.4 is 5.32 Å². The number of carbonyl (C=O) groups is 1. The summed E-state index contributed by atoms with van der Waals surface area (Å²) in [5.74, 6) is 0.236. The summed E-state index contributed by atoms with van der Waals surface area (Å²) in [5.41, 5.74) is 2.34. The zero-order valence-electron chi connectivity index (χ0n) is 10.6. The van der Waals surface area contributed by atoms with Gasteiger partial charge in [0.25, 0.3) is 5.91 Å². The van der Waals surface area contributed by atoms with E-state index >= 15 is 0 Å². The molecule has 0 saturated carbocycles. The number of aromatic nitrogens is 1. The second-order valence-corrected chi connectivity index (χ2v) is 4.45. The minimum absolute atomic E-state index is 0.184. The second kappa shape index (κ2) is 5.45. The molecule has 0 radical (unpaired) electrons. The van der Waals surface area contributed by atoms with E-state index in [4.69, 9.17) is 0 Å². The summed E-state index contributed by atoms with van der Waals surface area (Å²) in [5, 5.41) is 2.81. The Hall–Kier alpha value is -2.16. The Bertz CT molecular complexity index is 518. The Morgan fingerprint density at radius 1 is 1.11 bits per heavy atom. The van der Waals surface area contributed by atoms with Crippen molar-refractivity contribution < 1.29 is 4.79 Å². The molecule has 0 saturated heterocycles. The number of amides is 1. The molecule has 1 aromatic heterocycles. The van der Waals surface area contributed by atoms with Crippen LogP contribution >= 0.6 is 0 Å². The molecule has 0 spiro atoms. The Morgan fingerprint density at radius 3 is 2.39 bits per heavy atom. The highest BCUT2D eigenvalue weighted by atomic mass is 16.1. The van der Waals surface area contributed by atoms with Gasteiger partial charge in [0.2, 0.25) is 0 Å². The van der Waals surface area contributed by atoms with Gasteiger partial charge in [0.1, 0.15) is 5.69 Å². The lowest BCUT2D eigenvalue weighted by Crippen LogP contribution is -2.13. The smallest absolute Gasteiger partial charge is 0.274 e. The Morgan fingerprint density at radius 2 is 1.83 bits per heavy atom. The topological polar surface area (TPSA) is 42.0 Å². The van der Waals surface area contributed by atoms with Gasteiger partial charge < -0.3 is 5.32 Å². The van der Waals surface area contributed by atoms with E-state index in [0.717, 1.165) is 11.3 Å². The number of hydrogen-bond acceptors (Lipinski definition) is 2. The summed E-state index contributed by atoms with van der Waals surface area (Å²) >= 11 is 0. The second-order valence-electron chi connectivity index (χ2n) is 4.45. The Balaban J connectivity index is 2.10. The molecule has 18 heavy (non-hydrogen) atoms. The molecule has 3 heteroatoms. The maximum atomic E-state index is 11.9. The van der Waals surface area contributed by atoms with Crippen molar-refractivity contribution in [2.24, 2.45) is 0 Å². The van der Waals surface area contributed by atoms with Crippen molar-refractivity contribution in [2.45, 2.75) is 19.8 Å². The maximum Gasteiger partial charge on any atom is 0.274 e. The van der Waals surface area contributed by atoms with Crippen LogP contribution in [-0.4, -0.2) is 10.9 Å². The van der Waals surface area contributed by atoms with Crippen molar-refractivity contribution >= 4 is 11.6 Å². The van der Waals surface area contributed by atoms with E-state index in [0.29, 0.717) is 11.6 Å². The van der Waals surface area contributed by atoms with Crippen molar-refractivity contribution in [1.29, 1.82) is 0 Å². The van der Waals surface area contributed by atoms with Crippen LogP contribution in [0.4, 0.5) is 5.69 Å². The molecule has 1 heterocycles. The maximum absolute atomic E-state index is 11.9. The molecule has 0 atom stereocenters. The number of nitrogens with one attached hydrogen (secondary N) is 1. The zero-order valence-corrected chi connectivity index (χ0v) is 10.6. The quantitative estimate of drug-likeness (QED) is 0.892. The molecular formula is C15H16N2O. The van der Waals surface area contributed by atoms with E-state index < -0.39 is 0 Å². The molecule has 0 bridgehead atoms. The first kappa shape index (κ1) is 12.3. The molecule has 0 aliphatic carbocycles. The number of nitrogens with zero attached hydrogens (tertiary/aromatic N) is 1. The lowest BCUT2D eigenvalue weighted by molar-refractivity contribution is 0.102. The SMILES string of the molecule is CC(C)c1ccc(C(=O)Nc2ccccc2)nc1. The summed E-state index contributed by atoms with van der Waals surface area (Å²) < 4.78 is 0. The van der Waals surface area contributed by atoms with Gasteiger partial charge in [-0.05, 0) is 29.7 Å². The minimum atomic E-state index is -0.184. The standard InChI is InChI=1S/C15H16N2O/c1-11(2)12-8-9-14(16-10-12)15(18)17-13-6-4-3-5-7-13/h3-11H,1-2H3,(H,17,18). The van der Waals surface area contributed by atoms with E-state index in [1.807, 2.05) is 36.4 Å². The molecule has 0 unspecified atom stereocenters. The van der Waals surface area contributed by atoms with E-state index in [9.17, 15) is 4.79 Å². The first-order valence-corrected chi connectivity index (χ1v) is 5.99. The summed E-state index contributed by atoms with van der Waals surface area (Å²) in [4.78, 5) is 16.1. The van der Waals surface area contributed by atoms with Crippen LogP contribution in [0.5, 0.6) is 0 Å². The van der Waals surface area contributed by atoms with Crippen LogP contribution in [-0.2, 0) is 0 Å². The average molecular weight is 240 g/mol. The number of para-hydroxylation sites is 1. The predicted octanol–water partition coefficient (Wildman–Crippen LogP) is 3.46. The van der Waals surface area contributed by atoms with Crippen molar-refractivity contribution in [3.8, 4) is 0 Å². The number of pyridine rings is 1. The molecule has 2 aromatic rings. The van der Waals surface area contributed by atoms with Crippen LogP contribution in [0.25, 0.3) is 0 Å². The summed E-state index contributed by atoms with van der Waals surface area (Å²) in [7, 11) is 0. The van der Waals surface area contributed by atoms with Gasteiger partial charge in [-0.25, -0.2) is 0 Å². The van der Waals surface area contributed by atoms with Crippen LogP contribution in [0.2, 0.25) is 0 Å². The minimum Gasteiger partial charge on any atom is -0.321 e. The third kappa shape index (κ3) is 2.94. The van der Waals surface area contributed by atoms with Gasteiger partial charge in [-0.1, -0.05) is 38.1 Å². The van der Waals surface area contributed by atoms with E-state index in [1.165, 1.54) is 0 Å². The molecular weight excluding hydrogens is 224 g/mol. The van der Waals surface area contributed by atoms with E-state index in [2.05, 4.69) is 24.1 Å². The monoisotopic (exact) mass is 240 g/mol. The Labute approximate surface area is 107 Å². The third-order valence-corrected chi connectivity index (χ3v) is 2.72. The van der Waals surface area contributed by atoms with Crippen molar-refractivity contribution in [3.05, 3.63) is 59.9 Å². The fraction of sp³-hybridized carbons (Fsp3) is 0.200. The van der Waals surface area contributed by atoms with Crippen LogP contribution in [0.15, 0.2) is 48.7 Å². The van der Waals surface area contributed by atoms with Crippen LogP contribution in [0.3, 0.4) is 0 Å². The number of anilines is 1. The van der Waals surface area contributed by atoms with Gasteiger partial charge in [-0.15, -0.1) is 0 Å². The first-order valence-electron chi connectivity index (χ1n) is 5.99. The van der Waals surface area contributed by atoms with E-state index in [-0.39, 0.29) is 5.91 Å². The fourth-order valence-electron chi connectivity index (χ4n) is 1.60. The summed E-state index contributed by atoms with van der Waals surface area (Å²) in [6.07, 6.45) is 1.75. The van der Waals surface area contributed by atoms with E-state index in [1.54, 1.807) is 12.3 Å². The van der Waals surface area contributed by atoms with Crippen LogP contribution in [0, 0.1) is 0 Å². The van der Waals surface area contributed by atoms with Gasteiger partial charge in [-0.2, -0.15) is 0 Å². The number of carbonyl (C=O) groups excluding carboxylic acids is 1. The molecule has 2 rings (SSSR count). The molecule has 0 aliphatic rings. The van der Waals surface area contributed by atoms with Crippen molar-refractivity contribution in [2.75, 3.05) is 5.32 Å². The van der Waals surface area contributed by atoms with Gasteiger partial charge in [-0.3, -0.25) is 9.78 Å². The lowest BCUT2D eigenvalue weighted by Gasteiger charge is -2.07. The third-order valence-electron chi connectivity index (χ3n) is 2.72. The zero-order chi connectivity index (χ0) is 13.0.